The number of aryl methyl sites for hydroxylation is 1. The van der Waals surface area contributed by atoms with Gasteiger partial charge in [0.25, 0.3) is 0 Å². The van der Waals surface area contributed by atoms with E-state index in [1.807, 2.05) is 6.92 Å². The van der Waals surface area contributed by atoms with Crippen molar-refractivity contribution in [2.24, 2.45) is 0 Å². The summed E-state index contributed by atoms with van der Waals surface area (Å²) in [5.74, 6) is -3.03. The van der Waals surface area contributed by atoms with Gasteiger partial charge >= 0.3 is 6.18 Å². The second kappa shape index (κ2) is 12.2. The Hall–Kier alpha value is -3.21. The van der Waals surface area contributed by atoms with Gasteiger partial charge in [0.05, 0.1) is 5.56 Å². The Morgan fingerprint density at radius 1 is 1.00 bits per heavy atom. The Kier molecular flexibility index (Phi) is 9.25. The summed E-state index contributed by atoms with van der Waals surface area (Å²) in [5, 5.41) is 5.39. The number of amides is 3. The minimum Gasteiger partial charge on any atom is -0.352 e. The largest absolute Gasteiger partial charge is 0.416 e. The lowest BCUT2D eigenvalue weighted by Gasteiger charge is -2.24. The first-order valence-electron chi connectivity index (χ1n) is 11.5. The number of halogens is 3. The molecule has 3 rings (SSSR count). The van der Waals surface area contributed by atoms with E-state index in [1.165, 1.54) is 6.07 Å². The number of carbonyl (C=O) groups excluding carboxylic acids is 3. The standard InChI is InChI=1S/C25H28F3N3O4S/c1-17-9-11-20(12-10-17)30-23(33)15-36(35)16-24(34)31(14-22(32)29-19-6-2-3-7-19)21-8-4-5-18(13-21)25(26,27)28/h4-5,8-13,19H,2-3,6-7,14-16H2,1H3,(H,29,32)(H,30,33)/t36-/m0/s1. The number of benzene rings is 2. The van der Waals surface area contributed by atoms with Gasteiger partial charge in [-0.2, -0.15) is 13.2 Å². The minimum atomic E-state index is -4.65. The maximum Gasteiger partial charge on any atom is 0.416 e. The Morgan fingerprint density at radius 3 is 2.31 bits per heavy atom. The fraction of sp³-hybridized carbons (Fsp3) is 0.400. The van der Waals surface area contributed by atoms with Gasteiger partial charge in [0.15, 0.2) is 0 Å². The number of carbonyl (C=O) groups is 3. The quantitative estimate of drug-likeness (QED) is 0.523. The molecule has 11 heteroatoms. The Labute approximate surface area is 209 Å². The third kappa shape index (κ3) is 8.18. The van der Waals surface area contributed by atoms with Crippen molar-refractivity contribution in [2.45, 2.75) is 44.8 Å². The number of rotatable bonds is 9. The van der Waals surface area contributed by atoms with Crippen LogP contribution in [-0.4, -0.2) is 46.0 Å². The molecule has 1 saturated carbocycles. The third-order valence-electron chi connectivity index (χ3n) is 5.72. The van der Waals surface area contributed by atoms with Crippen molar-refractivity contribution < 1.29 is 31.8 Å². The van der Waals surface area contributed by atoms with Crippen molar-refractivity contribution >= 4 is 39.9 Å². The smallest absolute Gasteiger partial charge is 0.352 e. The van der Waals surface area contributed by atoms with Crippen molar-refractivity contribution in [1.29, 1.82) is 0 Å². The highest BCUT2D eigenvalue weighted by Gasteiger charge is 2.32. The molecule has 0 heterocycles. The molecule has 194 valence electrons. The van der Waals surface area contributed by atoms with Gasteiger partial charge in [-0.3, -0.25) is 18.6 Å². The number of nitrogens with one attached hydrogen (secondary N) is 2. The van der Waals surface area contributed by atoms with E-state index in [-0.39, 0.29) is 11.7 Å². The normalized spacial score (nSPS) is 14.8. The summed E-state index contributed by atoms with van der Waals surface area (Å²) in [6.07, 6.45) is -1.13. The van der Waals surface area contributed by atoms with Gasteiger partial charge in [0.1, 0.15) is 18.1 Å². The number of anilines is 2. The maximum absolute atomic E-state index is 13.2. The molecule has 0 unspecified atom stereocenters. The molecule has 0 radical (unpaired) electrons. The molecule has 1 aliphatic carbocycles. The van der Waals surface area contributed by atoms with Crippen LogP contribution in [0.15, 0.2) is 48.5 Å². The van der Waals surface area contributed by atoms with E-state index in [9.17, 15) is 31.8 Å². The molecule has 0 spiro atoms. The molecule has 36 heavy (non-hydrogen) atoms. The van der Waals surface area contributed by atoms with E-state index in [1.54, 1.807) is 24.3 Å². The zero-order valence-corrected chi connectivity index (χ0v) is 20.6. The molecule has 0 aliphatic heterocycles. The second-order valence-electron chi connectivity index (χ2n) is 8.72. The summed E-state index contributed by atoms with van der Waals surface area (Å²) in [4.78, 5) is 38.7. The lowest BCUT2D eigenvalue weighted by atomic mass is 10.1. The van der Waals surface area contributed by atoms with E-state index in [4.69, 9.17) is 0 Å². The van der Waals surface area contributed by atoms with Crippen LogP contribution in [0.3, 0.4) is 0 Å². The van der Waals surface area contributed by atoms with Gasteiger partial charge in [0, 0.05) is 28.2 Å². The molecular formula is C25H28F3N3O4S. The molecule has 2 aromatic carbocycles. The highest BCUT2D eigenvalue weighted by molar-refractivity contribution is 7.86. The van der Waals surface area contributed by atoms with Crippen LogP contribution in [0, 0.1) is 6.92 Å². The highest BCUT2D eigenvalue weighted by Crippen LogP contribution is 2.31. The van der Waals surface area contributed by atoms with Crippen LogP contribution in [0.5, 0.6) is 0 Å². The number of hydrogen-bond donors (Lipinski definition) is 2. The molecular weight excluding hydrogens is 495 g/mol. The Morgan fingerprint density at radius 2 is 1.67 bits per heavy atom. The number of nitrogens with zero attached hydrogens (tertiary/aromatic N) is 1. The van der Waals surface area contributed by atoms with Crippen LogP contribution in [0.2, 0.25) is 0 Å². The molecule has 1 atom stereocenters. The van der Waals surface area contributed by atoms with Gasteiger partial charge in [-0.15, -0.1) is 0 Å². The molecule has 0 aromatic heterocycles. The van der Waals surface area contributed by atoms with Crippen LogP contribution in [0.1, 0.15) is 36.8 Å². The molecule has 2 N–H and O–H groups in total. The third-order valence-corrected chi connectivity index (χ3v) is 6.87. The van der Waals surface area contributed by atoms with Crippen LogP contribution >= 0.6 is 0 Å². The van der Waals surface area contributed by atoms with Gasteiger partial charge in [-0.05, 0) is 50.1 Å². The summed E-state index contributed by atoms with van der Waals surface area (Å²) >= 11 is 0. The van der Waals surface area contributed by atoms with E-state index in [0.717, 1.165) is 54.3 Å². The van der Waals surface area contributed by atoms with Gasteiger partial charge in [0.2, 0.25) is 17.7 Å². The van der Waals surface area contributed by atoms with Crippen LogP contribution in [0.25, 0.3) is 0 Å². The van der Waals surface area contributed by atoms with Crippen molar-refractivity contribution in [3.05, 3.63) is 59.7 Å². The molecule has 1 aliphatic rings. The summed E-state index contributed by atoms with van der Waals surface area (Å²) in [6, 6.07) is 10.9. The van der Waals surface area contributed by atoms with E-state index >= 15 is 0 Å². The molecule has 3 amide bonds. The zero-order chi connectivity index (χ0) is 26.3. The minimum absolute atomic E-state index is 0.0458. The first kappa shape index (κ1) is 27.4. The lowest BCUT2D eigenvalue weighted by Crippen LogP contribution is -2.45. The van der Waals surface area contributed by atoms with Crippen molar-refractivity contribution in [1.82, 2.24) is 5.32 Å². The predicted octanol–water partition coefficient (Wildman–Crippen LogP) is 3.79. The van der Waals surface area contributed by atoms with Gasteiger partial charge in [-0.25, -0.2) is 0 Å². The average Bonchev–Trinajstić information content (AvgIpc) is 3.31. The van der Waals surface area contributed by atoms with Gasteiger partial charge < -0.3 is 15.5 Å². The monoisotopic (exact) mass is 523 g/mol. The molecule has 7 nitrogen and oxygen atoms in total. The van der Waals surface area contributed by atoms with E-state index in [0.29, 0.717) is 5.69 Å². The van der Waals surface area contributed by atoms with Crippen LogP contribution in [0.4, 0.5) is 24.5 Å². The Balaban J connectivity index is 1.69. The lowest BCUT2D eigenvalue weighted by molar-refractivity contribution is -0.137. The first-order valence-corrected chi connectivity index (χ1v) is 13.0. The predicted molar refractivity (Wildman–Crippen MR) is 132 cm³/mol. The average molecular weight is 524 g/mol. The molecule has 0 saturated heterocycles. The SMILES string of the molecule is Cc1ccc(NC(=O)C[S@](=O)CC(=O)N(CC(=O)NC2CCCC2)c2cccc(C(F)(F)F)c2)cc1. The topological polar surface area (TPSA) is 95.6 Å². The van der Waals surface area contributed by atoms with Crippen molar-refractivity contribution in [3.8, 4) is 0 Å². The fourth-order valence-electron chi connectivity index (χ4n) is 3.91. The fourth-order valence-corrected chi connectivity index (χ4v) is 4.81. The van der Waals surface area contributed by atoms with Crippen molar-refractivity contribution in [2.75, 3.05) is 28.3 Å². The highest BCUT2D eigenvalue weighted by atomic mass is 32.2. The number of alkyl halides is 3. The van der Waals surface area contributed by atoms with Crippen molar-refractivity contribution in [3.63, 3.8) is 0 Å². The van der Waals surface area contributed by atoms with Gasteiger partial charge in [-0.1, -0.05) is 36.6 Å². The zero-order valence-electron chi connectivity index (χ0n) is 19.8. The summed E-state index contributed by atoms with van der Waals surface area (Å²) in [7, 11) is -1.95. The second-order valence-corrected chi connectivity index (χ2v) is 10.2. The number of hydrogen-bond acceptors (Lipinski definition) is 4. The first-order chi connectivity index (χ1) is 17.0. The van der Waals surface area contributed by atoms with E-state index in [2.05, 4.69) is 10.6 Å². The summed E-state index contributed by atoms with van der Waals surface area (Å²) in [5.41, 5.74) is 0.377. The summed E-state index contributed by atoms with van der Waals surface area (Å²) < 4.78 is 52.3. The maximum atomic E-state index is 13.2. The molecule has 1 fully saturated rings. The van der Waals surface area contributed by atoms with Crippen LogP contribution < -0.4 is 15.5 Å². The molecule has 2 aromatic rings. The van der Waals surface area contributed by atoms with E-state index < -0.39 is 58.3 Å². The molecule has 0 bridgehead atoms. The summed E-state index contributed by atoms with van der Waals surface area (Å²) in [6.45, 7) is 1.36. The van der Waals surface area contributed by atoms with Crippen LogP contribution in [-0.2, 0) is 31.4 Å². The Bertz CT molecular complexity index is 1120.